The van der Waals surface area contributed by atoms with Gasteiger partial charge in [-0.25, -0.2) is 9.37 Å². The average molecular weight is 273 g/mol. The van der Waals surface area contributed by atoms with Gasteiger partial charge in [0.05, 0.1) is 5.69 Å². The number of nitrogens with zero attached hydrogens (tertiary/aromatic N) is 3. The number of benzene rings is 1. The van der Waals surface area contributed by atoms with Crippen LogP contribution in [-0.4, -0.2) is 19.6 Å². The van der Waals surface area contributed by atoms with Crippen LogP contribution in [0.2, 0.25) is 0 Å². The van der Waals surface area contributed by atoms with Crippen LogP contribution in [0.3, 0.4) is 0 Å². The van der Waals surface area contributed by atoms with Gasteiger partial charge in [-0.1, -0.05) is 12.1 Å². The summed E-state index contributed by atoms with van der Waals surface area (Å²) in [4.78, 5) is 20.5. The maximum absolute atomic E-state index is 13.2. The molecule has 3 rings (SSSR count). The molecule has 0 atom stereocenters. The Kier molecular flexibility index (Phi) is 2.74. The minimum atomic E-state index is -0.333. The Labute approximate surface area is 113 Å². The highest BCUT2D eigenvalue weighted by atomic mass is 19.1. The van der Waals surface area contributed by atoms with Crippen molar-refractivity contribution in [2.24, 2.45) is 0 Å². The standard InChI is InChI=1S/C13H12FN5O/c1-7-10(6-8-3-2-4-9(14)5-8)11(20)19-13(16-7)17-12(15)18-19/h2-5H,6H2,1H3,(H3,15,16,17,18). The molecular weight excluding hydrogens is 261 g/mol. The van der Waals surface area contributed by atoms with E-state index in [0.717, 1.165) is 0 Å². The summed E-state index contributed by atoms with van der Waals surface area (Å²) in [6.45, 7) is 1.72. The Morgan fingerprint density at radius 2 is 2.20 bits per heavy atom. The summed E-state index contributed by atoms with van der Waals surface area (Å²) >= 11 is 0. The van der Waals surface area contributed by atoms with Gasteiger partial charge in [0, 0.05) is 12.0 Å². The number of aromatic amines is 1. The molecule has 2 aromatic heterocycles. The molecule has 0 bridgehead atoms. The first kappa shape index (κ1) is 12.3. The van der Waals surface area contributed by atoms with Crippen LogP contribution in [0, 0.1) is 12.7 Å². The van der Waals surface area contributed by atoms with Crippen molar-refractivity contribution in [3.8, 4) is 0 Å². The Morgan fingerprint density at radius 1 is 1.40 bits per heavy atom. The molecule has 0 spiro atoms. The molecule has 0 fully saturated rings. The lowest BCUT2D eigenvalue weighted by atomic mass is 10.1. The number of hydrogen-bond acceptors (Lipinski definition) is 4. The molecule has 0 saturated heterocycles. The van der Waals surface area contributed by atoms with E-state index in [9.17, 15) is 9.18 Å². The topological polar surface area (TPSA) is 89.1 Å². The predicted octanol–water partition coefficient (Wildman–Crippen LogP) is 1.04. The quantitative estimate of drug-likeness (QED) is 0.730. The van der Waals surface area contributed by atoms with Gasteiger partial charge < -0.3 is 5.73 Å². The SMILES string of the molecule is Cc1nc2nc(N)[nH]n2c(=O)c1Cc1cccc(F)c1. The van der Waals surface area contributed by atoms with Crippen molar-refractivity contribution in [1.82, 2.24) is 19.6 Å². The summed E-state index contributed by atoms with van der Waals surface area (Å²) in [7, 11) is 0. The number of halogens is 1. The molecule has 1 aromatic carbocycles. The van der Waals surface area contributed by atoms with Crippen LogP contribution in [0.25, 0.3) is 5.78 Å². The zero-order chi connectivity index (χ0) is 14.3. The van der Waals surface area contributed by atoms with E-state index in [-0.39, 0.29) is 23.1 Å². The van der Waals surface area contributed by atoms with Crippen LogP contribution in [-0.2, 0) is 6.42 Å². The fourth-order valence-electron chi connectivity index (χ4n) is 2.13. The summed E-state index contributed by atoms with van der Waals surface area (Å²) in [5.41, 5.74) is 6.99. The van der Waals surface area contributed by atoms with E-state index in [1.807, 2.05) is 0 Å². The van der Waals surface area contributed by atoms with E-state index < -0.39 is 0 Å². The molecule has 6 nitrogen and oxygen atoms in total. The van der Waals surface area contributed by atoms with Crippen molar-refractivity contribution in [3.63, 3.8) is 0 Å². The van der Waals surface area contributed by atoms with Crippen molar-refractivity contribution in [3.05, 3.63) is 57.3 Å². The van der Waals surface area contributed by atoms with Gasteiger partial charge in [0.25, 0.3) is 11.3 Å². The lowest BCUT2D eigenvalue weighted by Gasteiger charge is -2.05. The second kappa shape index (κ2) is 4.44. The third kappa shape index (κ3) is 2.03. The maximum atomic E-state index is 13.2. The van der Waals surface area contributed by atoms with E-state index >= 15 is 0 Å². The number of anilines is 1. The van der Waals surface area contributed by atoms with Crippen molar-refractivity contribution in [2.45, 2.75) is 13.3 Å². The normalized spacial score (nSPS) is 11.1. The number of rotatable bonds is 2. The van der Waals surface area contributed by atoms with Crippen LogP contribution in [0.5, 0.6) is 0 Å². The molecule has 0 saturated carbocycles. The summed E-state index contributed by atoms with van der Waals surface area (Å²) in [6.07, 6.45) is 0.303. The van der Waals surface area contributed by atoms with Crippen molar-refractivity contribution in [2.75, 3.05) is 5.73 Å². The number of aromatic nitrogens is 4. The van der Waals surface area contributed by atoms with Crippen LogP contribution < -0.4 is 11.3 Å². The lowest BCUT2D eigenvalue weighted by molar-refractivity contribution is 0.626. The molecule has 0 amide bonds. The number of hydrogen-bond donors (Lipinski definition) is 2. The molecular formula is C13H12FN5O. The maximum Gasteiger partial charge on any atom is 0.277 e. The Balaban J connectivity index is 2.14. The highest BCUT2D eigenvalue weighted by Gasteiger charge is 2.13. The van der Waals surface area contributed by atoms with Gasteiger partial charge in [0.15, 0.2) is 0 Å². The van der Waals surface area contributed by atoms with Gasteiger partial charge in [-0.15, -0.1) is 0 Å². The zero-order valence-electron chi connectivity index (χ0n) is 10.7. The Morgan fingerprint density at radius 3 is 2.95 bits per heavy atom. The van der Waals surface area contributed by atoms with Crippen molar-refractivity contribution >= 4 is 11.7 Å². The van der Waals surface area contributed by atoms with Crippen molar-refractivity contribution in [1.29, 1.82) is 0 Å². The smallest absolute Gasteiger partial charge is 0.277 e. The predicted molar refractivity (Wildman–Crippen MR) is 72.0 cm³/mol. The molecule has 0 aliphatic heterocycles. The number of nitrogens with two attached hydrogens (primary N) is 1. The monoisotopic (exact) mass is 273 g/mol. The van der Waals surface area contributed by atoms with Gasteiger partial charge in [-0.3, -0.25) is 9.89 Å². The van der Waals surface area contributed by atoms with E-state index in [2.05, 4.69) is 15.1 Å². The summed E-state index contributed by atoms with van der Waals surface area (Å²) in [5, 5.41) is 2.63. The minimum Gasteiger partial charge on any atom is -0.368 e. The van der Waals surface area contributed by atoms with Crippen LogP contribution in [0.4, 0.5) is 10.3 Å². The third-order valence-corrected chi connectivity index (χ3v) is 3.08. The molecule has 0 radical (unpaired) electrons. The molecule has 7 heteroatoms. The molecule has 20 heavy (non-hydrogen) atoms. The third-order valence-electron chi connectivity index (χ3n) is 3.08. The van der Waals surface area contributed by atoms with Gasteiger partial charge in [-0.05, 0) is 24.6 Å². The van der Waals surface area contributed by atoms with Crippen LogP contribution in [0.1, 0.15) is 16.8 Å². The van der Waals surface area contributed by atoms with Crippen molar-refractivity contribution < 1.29 is 4.39 Å². The highest BCUT2D eigenvalue weighted by molar-refractivity contribution is 5.38. The van der Waals surface area contributed by atoms with Gasteiger partial charge in [-0.2, -0.15) is 9.50 Å². The first-order valence-corrected chi connectivity index (χ1v) is 6.03. The van der Waals surface area contributed by atoms with E-state index in [0.29, 0.717) is 23.2 Å². The number of H-pyrrole nitrogens is 1. The second-order valence-corrected chi connectivity index (χ2v) is 4.53. The zero-order valence-corrected chi connectivity index (χ0v) is 10.7. The lowest BCUT2D eigenvalue weighted by Crippen LogP contribution is -2.22. The molecule has 102 valence electrons. The van der Waals surface area contributed by atoms with Gasteiger partial charge in [0.1, 0.15) is 5.82 Å². The van der Waals surface area contributed by atoms with Gasteiger partial charge >= 0.3 is 0 Å². The minimum absolute atomic E-state index is 0.122. The van der Waals surface area contributed by atoms with E-state index in [1.54, 1.807) is 19.1 Å². The summed E-state index contributed by atoms with van der Waals surface area (Å²) in [5.74, 6) is 0.0185. The van der Waals surface area contributed by atoms with E-state index in [1.165, 1.54) is 16.6 Å². The van der Waals surface area contributed by atoms with Crippen LogP contribution >= 0.6 is 0 Å². The average Bonchev–Trinajstić information content (AvgIpc) is 2.75. The highest BCUT2D eigenvalue weighted by Crippen LogP contribution is 2.11. The molecule has 3 aromatic rings. The molecule has 2 heterocycles. The Bertz CT molecular complexity index is 852. The number of aryl methyl sites for hydroxylation is 1. The first-order chi connectivity index (χ1) is 9.54. The number of nitrogen functional groups attached to an aromatic ring is 1. The van der Waals surface area contributed by atoms with Gasteiger partial charge in [0.2, 0.25) is 5.95 Å². The molecule has 3 N–H and O–H groups in total. The number of nitrogens with one attached hydrogen (secondary N) is 1. The number of fused-ring (bicyclic) bond motifs is 1. The molecule has 0 aliphatic rings. The van der Waals surface area contributed by atoms with Crippen LogP contribution in [0.15, 0.2) is 29.1 Å². The molecule has 0 unspecified atom stereocenters. The fraction of sp³-hybridized carbons (Fsp3) is 0.154. The molecule has 0 aliphatic carbocycles. The Hall–Kier alpha value is -2.70. The largest absolute Gasteiger partial charge is 0.368 e. The van der Waals surface area contributed by atoms with E-state index in [4.69, 9.17) is 5.73 Å². The second-order valence-electron chi connectivity index (χ2n) is 4.53. The fourth-order valence-corrected chi connectivity index (χ4v) is 2.13. The summed E-state index contributed by atoms with van der Waals surface area (Å²) < 4.78 is 14.4. The first-order valence-electron chi connectivity index (χ1n) is 6.03. The summed E-state index contributed by atoms with van der Waals surface area (Å²) in [6, 6.07) is 6.13.